The molecule has 2 atom stereocenters. The monoisotopic (exact) mass is 142 g/mol. The van der Waals surface area contributed by atoms with Gasteiger partial charge in [0, 0.05) is 5.92 Å². The Hall–Kier alpha value is -0.330. The molecule has 0 unspecified atom stereocenters. The zero-order valence-electron chi connectivity index (χ0n) is 7.64. The van der Waals surface area contributed by atoms with E-state index >= 15 is 0 Å². The van der Waals surface area contributed by atoms with Crippen LogP contribution < -0.4 is 0 Å². The molecule has 0 heterocycles. The van der Waals surface area contributed by atoms with Gasteiger partial charge < -0.3 is 0 Å². The summed E-state index contributed by atoms with van der Waals surface area (Å²) in [5.41, 5.74) is 0. The molecule has 10 heavy (non-hydrogen) atoms. The molecule has 0 fully saturated rings. The molecule has 0 saturated carbocycles. The van der Waals surface area contributed by atoms with Crippen molar-refractivity contribution < 1.29 is 4.79 Å². The number of carbonyl (C=O) groups is 1. The van der Waals surface area contributed by atoms with Crippen LogP contribution in [0.25, 0.3) is 0 Å². The van der Waals surface area contributed by atoms with Crippen LogP contribution in [0.2, 0.25) is 0 Å². The SMILES string of the molecule is CC(=O)[C@H](C)[C@@H](C)C(C)C. The summed E-state index contributed by atoms with van der Waals surface area (Å²) >= 11 is 0. The molecule has 0 aliphatic carbocycles. The Morgan fingerprint density at radius 2 is 1.50 bits per heavy atom. The molecule has 1 heteroatoms. The van der Waals surface area contributed by atoms with Gasteiger partial charge in [0.05, 0.1) is 0 Å². The highest BCUT2D eigenvalue weighted by atomic mass is 16.1. The summed E-state index contributed by atoms with van der Waals surface area (Å²) in [4.78, 5) is 10.9. The summed E-state index contributed by atoms with van der Waals surface area (Å²) in [6, 6.07) is 0. The normalized spacial score (nSPS) is 17.0. The molecule has 0 aliphatic rings. The van der Waals surface area contributed by atoms with Crippen LogP contribution >= 0.6 is 0 Å². The predicted octanol–water partition coefficient (Wildman–Crippen LogP) is 2.50. The number of ketones is 1. The van der Waals surface area contributed by atoms with E-state index in [0.29, 0.717) is 17.6 Å². The molecular formula is C9H18O. The molecule has 0 N–H and O–H groups in total. The molecule has 0 saturated heterocycles. The van der Waals surface area contributed by atoms with Gasteiger partial charge in [0.1, 0.15) is 5.78 Å². The number of carbonyl (C=O) groups excluding carboxylic acids is 1. The molecular weight excluding hydrogens is 124 g/mol. The van der Waals surface area contributed by atoms with Crippen LogP contribution in [0.5, 0.6) is 0 Å². The zero-order chi connectivity index (χ0) is 8.31. The Labute approximate surface area is 63.8 Å². The van der Waals surface area contributed by atoms with E-state index in [1.54, 1.807) is 6.92 Å². The van der Waals surface area contributed by atoms with Crippen LogP contribution in [0.3, 0.4) is 0 Å². The van der Waals surface area contributed by atoms with Gasteiger partial charge in [-0.2, -0.15) is 0 Å². The Morgan fingerprint density at radius 3 is 1.60 bits per heavy atom. The molecule has 0 bridgehead atoms. The molecule has 60 valence electrons. The van der Waals surface area contributed by atoms with Crippen molar-refractivity contribution in [3.05, 3.63) is 0 Å². The molecule has 0 radical (unpaired) electrons. The summed E-state index contributed by atoms with van der Waals surface area (Å²) in [5.74, 6) is 1.65. The van der Waals surface area contributed by atoms with E-state index in [0.717, 1.165) is 0 Å². The standard InChI is InChI=1S/C9H18O/c1-6(2)7(3)8(4)9(5)10/h6-8H,1-5H3/t7-,8+/m0/s1. The van der Waals surface area contributed by atoms with Crippen molar-refractivity contribution in [3.63, 3.8) is 0 Å². The first-order valence-electron chi connectivity index (χ1n) is 3.97. The average Bonchev–Trinajstić information content (AvgIpc) is 1.84. The van der Waals surface area contributed by atoms with Gasteiger partial charge in [-0.1, -0.05) is 27.7 Å². The van der Waals surface area contributed by atoms with E-state index in [9.17, 15) is 4.79 Å². The van der Waals surface area contributed by atoms with Crippen LogP contribution in [0.1, 0.15) is 34.6 Å². The van der Waals surface area contributed by atoms with Crippen molar-refractivity contribution in [2.24, 2.45) is 17.8 Å². The Bertz CT molecular complexity index is 116. The van der Waals surface area contributed by atoms with Gasteiger partial charge in [-0.15, -0.1) is 0 Å². The first-order valence-corrected chi connectivity index (χ1v) is 3.97. The second kappa shape index (κ2) is 3.75. The average molecular weight is 142 g/mol. The lowest BCUT2D eigenvalue weighted by molar-refractivity contribution is -0.122. The third-order valence-electron chi connectivity index (χ3n) is 2.48. The van der Waals surface area contributed by atoms with Gasteiger partial charge >= 0.3 is 0 Å². The fourth-order valence-electron chi connectivity index (χ4n) is 0.948. The van der Waals surface area contributed by atoms with E-state index in [1.807, 2.05) is 6.92 Å². The number of hydrogen-bond acceptors (Lipinski definition) is 1. The first kappa shape index (κ1) is 9.67. The van der Waals surface area contributed by atoms with E-state index in [1.165, 1.54) is 0 Å². The summed E-state index contributed by atoms with van der Waals surface area (Å²) in [6.45, 7) is 10.1. The van der Waals surface area contributed by atoms with Crippen LogP contribution in [0.15, 0.2) is 0 Å². The fourth-order valence-corrected chi connectivity index (χ4v) is 0.948. The van der Waals surface area contributed by atoms with E-state index in [2.05, 4.69) is 20.8 Å². The molecule has 0 spiro atoms. The largest absolute Gasteiger partial charge is 0.300 e. The molecule has 1 nitrogen and oxygen atoms in total. The highest BCUT2D eigenvalue weighted by Crippen LogP contribution is 2.20. The Balaban J connectivity index is 3.94. The molecule has 0 aromatic carbocycles. The van der Waals surface area contributed by atoms with E-state index in [4.69, 9.17) is 0 Å². The Kier molecular flexibility index (Phi) is 3.62. The van der Waals surface area contributed by atoms with Gasteiger partial charge in [0.2, 0.25) is 0 Å². The van der Waals surface area contributed by atoms with Crippen molar-refractivity contribution in [1.82, 2.24) is 0 Å². The van der Waals surface area contributed by atoms with Gasteiger partial charge in [-0.3, -0.25) is 4.79 Å². The minimum absolute atomic E-state index is 0.222. The maximum atomic E-state index is 10.9. The molecule has 0 aromatic rings. The van der Waals surface area contributed by atoms with E-state index in [-0.39, 0.29) is 5.92 Å². The lowest BCUT2D eigenvalue weighted by Gasteiger charge is -2.20. The third-order valence-corrected chi connectivity index (χ3v) is 2.48. The highest BCUT2D eigenvalue weighted by Gasteiger charge is 2.18. The first-order chi connectivity index (χ1) is 4.46. The van der Waals surface area contributed by atoms with Crippen molar-refractivity contribution in [2.45, 2.75) is 34.6 Å². The topological polar surface area (TPSA) is 17.1 Å². The maximum absolute atomic E-state index is 10.9. The second-order valence-electron chi connectivity index (χ2n) is 3.50. The third kappa shape index (κ3) is 2.51. The van der Waals surface area contributed by atoms with Crippen molar-refractivity contribution in [3.8, 4) is 0 Å². The minimum Gasteiger partial charge on any atom is -0.300 e. The van der Waals surface area contributed by atoms with Crippen molar-refractivity contribution >= 4 is 5.78 Å². The van der Waals surface area contributed by atoms with Gasteiger partial charge in [-0.05, 0) is 18.8 Å². The molecule has 0 rings (SSSR count). The van der Waals surface area contributed by atoms with Gasteiger partial charge in [0.25, 0.3) is 0 Å². The Morgan fingerprint density at radius 1 is 1.10 bits per heavy atom. The van der Waals surface area contributed by atoms with Crippen LogP contribution in [-0.2, 0) is 4.79 Å². The number of Topliss-reactive ketones (excluding diaryl/α,β-unsaturated/α-hetero) is 1. The number of rotatable bonds is 3. The molecule has 0 aromatic heterocycles. The van der Waals surface area contributed by atoms with Crippen LogP contribution in [0.4, 0.5) is 0 Å². The molecule has 0 amide bonds. The number of hydrogen-bond donors (Lipinski definition) is 0. The fraction of sp³-hybridized carbons (Fsp3) is 0.889. The second-order valence-corrected chi connectivity index (χ2v) is 3.50. The van der Waals surface area contributed by atoms with Crippen molar-refractivity contribution in [2.75, 3.05) is 0 Å². The smallest absolute Gasteiger partial charge is 0.132 e. The van der Waals surface area contributed by atoms with E-state index < -0.39 is 0 Å². The highest BCUT2D eigenvalue weighted by molar-refractivity contribution is 5.78. The zero-order valence-corrected chi connectivity index (χ0v) is 7.64. The summed E-state index contributed by atoms with van der Waals surface area (Å²) in [7, 11) is 0. The van der Waals surface area contributed by atoms with Gasteiger partial charge in [-0.25, -0.2) is 0 Å². The van der Waals surface area contributed by atoms with Crippen molar-refractivity contribution in [1.29, 1.82) is 0 Å². The quantitative estimate of drug-likeness (QED) is 0.591. The predicted molar refractivity (Wildman–Crippen MR) is 43.8 cm³/mol. The van der Waals surface area contributed by atoms with Crippen LogP contribution in [-0.4, -0.2) is 5.78 Å². The lowest BCUT2D eigenvalue weighted by atomic mass is 9.84. The molecule has 0 aliphatic heterocycles. The lowest BCUT2D eigenvalue weighted by Crippen LogP contribution is -2.20. The van der Waals surface area contributed by atoms with Crippen LogP contribution in [0, 0.1) is 17.8 Å². The minimum atomic E-state index is 0.222. The summed E-state index contributed by atoms with van der Waals surface area (Å²) < 4.78 is 0. The maximum Gasteiger partial charge on any atom is 0.132 e. The summed E-state index contributed by atoms with van der Waals surface area (Å²) in [5, 5.41) is 0. The summed E-state index contributed by atoms with van der Waals surface area (Å²) in [6.07, 6.45) is 0. The van der Waals surface area contributed by atoms with Gasteiger partial charge in [0.15, 0.2) is 0 Å².